The fourth-order valence-corrected chi connectivity index (χ4v) is 1.68. The average Bonchev–Trinajstić information content (AvgIpc) is 2.49. The molecule has 4 nitrogen and oxygen atoms in total. The Morgan fingerprint density at radius 1 is 1.05 bits per heavy atom. The molecule has 0 spiro atoms. The van der Waals surface area contributed by atoms with Gasteiger partial charge in [-0.1, -0.05) is 43.0 Å². The van der Waals surface area contributed by atoms with Crippen molar-refractivity contribution in [3.63, 3.8) is 0 Å². The van der Waals surface area contributed by atoms with Crippen molar-refractivity contribution in [2.75, 3.05) is 0 Å². The minimum Gasteiger partial charge on any atom is -0.504 e. The van der Waals surface area contributed by atoms with E-state index in [4.69, 9.17) is 4.74 Å². The number of benzene rings is 2. The van der Waals surface area contributed by atoms with Gasteiger partial charge in [0, 0.05) is 11.6 Å². The second kappa shape index (κ2) is 5.84. The van der Waals surface area contributed by atoms with Crippen molar-refractivity contribution >= 4 is 11.8 Å². The standard InChI is InChI=1S/C16H12O4/c1-2-14(17)20-13-10-6-9-12(16(13)19)15(18)11-7-4-3-5-8-11/h2-10,19H,1H2. The highest BCUT2D eigenvalue weighted by molar-refractivity contribution is 6.11. The summed E-state index contributed by atoms with van der Waals surface area (Å²) in [6.07, 6.45) is 0.977. The van der Waals surface area contributed by atoms with Gasteiger partial charge in [0.25, 0.3) is 0 Å². The van der Waals surface area contributed by atoms with Crippen LogP contribution in [0.2, 0.25) is 0 Å². The normalized spacial score (nSPS) is 9.80. The Bertz CT molecular complexity index is 659. The summed E-state index contributed by atoms with van der Waals surface area (Å²) >= 11 is 0. The van der Waals surface area contributed by atoms with Gasteiger partial charge in [0.1, 0.15) is 0 Å². The molecule has 4 heteroatoms. The summed E-state index contributed by atoms with van der Waals surface area (Å²) in [4.78, 5) is 23.4. The number of para-hydroxylation sites is 1. The molecule has 0 saturated heterocycles. The van der Waals surface area contributed by atoms with Gasteiger partial charge in [0.05, 0.1) is 5.56 Å². The maximum atomic E-state index is 12.3. The van der Waals surface area contributed by atoms with Crippen LogP contribution in [0, 0.1) is 0 Å². The first-order valence-corrected chi connectivity index (χ1v) is 5.89. The van der Waals surface area contributed by atoms with Crippen LogP contribution in [0.5, 0.6) is 11.5 Å². The summed E-state index contributed by atoms with van der Waals surface area (Å²) in [5.41, 5.74) is 0.514. The zero-order chi connectivity index (χ0) is 14.5. The lowest BCUT2D eigenvalue weighted by Crippen LogP contribution is -2.06. The molecular formula is C16H12O4. The highest BCUT2D eigenvalue weighted by Crippen LogP contribution is 2.31. The van der Waals surface area contributed by atoms with Crippen molar-refractivity contribution in [2.24, 2.45) is 0 Å². The summed E-state index contributed by atoms with van der Waals surface area (Å²) in [7, 11) is 0. The molecule has 2 rings (SSSR count). The summed E-state index contributed by atoms with van der Waals surface area (Å²) in [6, 6.07) is 12.9. The van der Waals surface area contributed by atoms with Crippen LogP contribution >= 0.6 is 0 Å². The molecule has 0 aliphatic heterocycles. The SMILES string of the molecule is C=CC(=O)Oc1cccc(C(=O)c2ccccc2)c1O. The number of ketones is 1. The van der Waals surface area contributed by atoms with E-state index in [1.807, 2.05) is 0 Å². The maximum absolute atomic E-state index is 12.3. The van der Waals surface area contributed by atoms with Crippen LogP contribution < -0.4 is 4.74 Å². The Hall–Kier alpha value is -2.88. The number of phenols is 1. The molecule has 20 heavy (non-hydrogen) atoms. The molecule has 0 aromatic heterocycles. The zero-order valence-corrected chi connectivity index (χ0v) is 10.6. The minimum atomic E-state index is -0.704. The van der Waals surface area contributed by atoms with Crippen molar-refractivity contribution in [1.29, 1.82) is 0 Å². The minimum absolute atomic E-state index is 0.0725. The van der Waals surface area contributed by atoms with E-state index in [1.54, 1.807) is 30.3 Å². The molecule has 0 radical (unpaired) electrons. The first-order chi connectivity index (χ1) is 9.63. The van der Waals surface area contributed by atoms with Gasteiger partial charge in [0.15, 0.2) is 17.3 Å². The molecule has 0 unspecified atom stereocenters. The first-order valence-electron chi connectivity index (χ1n) is 5.89. The number of ether oxygens (including phenoxy) is 1. The van der Waals surface area contributed by atoms with Gasteiger partial charge in [-0.2, -0.15) is 0 Å². The van der Waals surface area contributed by atoms with E-state index in [0.29, 0.717) is 5.56 Å². The molecule has 2 aromatic carbocycles. The van der Waals surface area contributed by atoms with Crippen LogP contribution in [0.15, 0.2) is 61.2 Å². The van der Waals surface area contributed by atoms with E-state index in [-0.39, 0.29) is 22.8 Å². The van der Waals surface area contributed by atoms with Gasteiger partial charge in [-0.3, -0.25) is 4.79 Å². The van der Waals surface area contributed by atoms with Gasteiger partial charge in [-0.15, -0.1) is 0 Å². The molecule has 0 atom stereocenters. The Balaban J connectivity index is 2.38. The predicted octanol–water partition coefficient (Wildman–Crippen LogP) is 2.71. The van der Waals surface area contributed by atoms with Gasteiger partial charge in [0.2, 0.25) is 0 Å². The van der Waals surface area contributed by atoms with Crippen LogP contribution in [0.25, 0.3) is 0 Å². The van der Waals surface area contributed by atoms with Crippen molar-refractivity contribution in [1.82, 2.24) is 0 Å². The lowest BCUT2D eigenvalue weighted by atomic mass is 10.0. The average molecular weight is 268 g/mol. The van der Waals surface area contributed by atoms with Gasteiger partial charge >= 0.3 is 5.97 Å². The Labute approximate surface area is 115 Å². The van der Waals surface area contributed by atoms with Crippen LogP contribution in [0.4, 0.5) is 0 Å². The summed E-state index contributed by atoms with van der Waals surface area (Å²) < 4.78 is 4.86. The molecule has 100 valence electrons. The van der Waals surface area contributed by atoms with Crippen molar-refractivity contribution in [3.05, 3.63) is 72.3 Å². The number of rotatable bonds is 4. The van der Waals surface area contributed by atoms with E-state index in [2.05, 4.69) is 6.58 Å². The van der Waals surface area contributed by atoms with Crippen LogP contribution in [0.1, 0.15) is 15.9 Å². The Morgan fingerprint density at radius 3 is 2.40 bits per heavy atom. The number of carbonyl (C=O) groups excluding carboxylic acids is 2. The molecule has 0 bridgehead atoms. The second-order valence-corrected chi connectivity index (χ2v) is 3.97. The number of esters is 1. The quantitative estimate of drug-likeness (QED) is 0.401. The molecule has 0 aliphatic rings. The predicted molar refractivity (Wildman–Crippen MR) is 73.8 cm³/mol. The first kappa shape index (κ1) is 13.5. The molecule has 0 amide bonds. The Morgan fingerprint density at radius 2 is 1.75 bits per heavy atom. The molecule has 2 aromatic rings. The van der Waals surface area contributed by atoms with Gasteiger partial charge in [-0.05, 0) is 12.1 Å². The summed E-state index contributed by atoms with van der Waals surface area (Å²) in [6.45, 7) is 3.27. The van der Waals surface area contributed by atoms with Gasteiger partial charge < -0.3 is 9.84 Å². The highest BCUT2D eigenvalue weighted by Gasteiger charge is 2.17. The van der Waals surface area contributed by atoms with E-state index >= 15 is 0 Å². The lowest BCUT2D eigenvalue weighted by molar-refractivity contribution is -0.129. The van der Waals surface area contributed by atoms with Crippen LogP contribution in [-0.4, -0.2) is 16.9 Å². The third kappa shape index (κ3) is 2.75. The maximum Gasteiger partial charge on any atom is 0.335 e. The third-order valence-electron chi connectivity index (χ3n) is 2.66. The van der Waals surface area contributed by atoms with Crippen LogP contribution in [-0.2, 0) is 4.79 Å². The molecule has 0 aliphatic carbocycles. The zero-order valence-electron chi connectivity index (χ0n) is 10.6. The van der Waals surface area contributed by atoms with E-state index in [0.717, 1.165) is 6.08 Å². The number of phenolic OH excluding ortho intramolecular Hbond substituents is 1. The topological polar surface area (TPSA) is 63.6 Å². The Kier molecular flexibility index (Phi) is 3.96. The fourth-order valence-electron chi connectivity index (χ4n) is 1.68. The molecular weight excluding hydrogens is 256 g/mol. The molecule has 0 saturated carbocycles. The fraction of sp³-hybridized carbons (Fsp3) is 0. The van der Waals surface area contributed by atoms with Gasteiger partial charge in [-0.25, -0.2) is 4.79 Å². The highest BCUT2D eigenvalue weighted by atomic mass is 16.5. The van der Waals surface area contributed by atoms with E-state index in [1.165, 1.54) is 18.2 Å². The number of hydrogen-bond donors (Lipinski definition) is 1. The largest absolute Gasteiger partial charge is 0.504 e. The molecule has 0 fully saturated rings. The molecule has 1 N–H and O–H groups in total. The summed E-state index contributed by atoms with van der Waals surface area (Å²) in [5.74, 6) is -1.49. The number of aromatic hydroxyl groups is 1. The third-order valence-corrected chi connectivity index (χ3v) is 2.66. The smallest absolute Gasteiger partial charge is 0.335 e. The number of carbonyl (C=O) groups is 2. The lowest BCUT2D eigenvalue weighted by Gasteiger charge is -2.08. The van der Waals surface area contributed by atoms with Crippen molar-refractivity contribution in [2.45, 2.75) is 0 Å². The number of hydrogen-bond acceptors (Lipinski definition) is 4. The van der Waals surface area contributed by atoms with E-state index in [9.17, 15) is 14.7 Å². The second-order valence-electron chi connectivity index (χ2n) is 3.97. The monoisotopic (exact) mass is 268 g/mol. The van der Waals surface area contributed by atoms with Crippen molar-refractivity contribution in [3.8, 4) is 11.5 Å². The molecule has 0 heterocycles. The summed E-state index contributed by atoms with van der Waals surface area (Å²) in [5, 5.41) is 10.0. The van der Waals surface area contributed by atoms with E-state index < -0.39 is 5.97 Å². The van der Waals surface area contributed by atoms with Crippen LogP contribution in [0.3, 0.4) is 0 Å². The van der Waals surface area contributed by atoms with Crippen molar-refractivity contribution < 1.29 is 19.4 Å².